The molecule has 1 aliphatic carbocycles. The first kappa shape index (κ1) is 13.9. The Hall–Kier alpha value is -2.10. The van der Waals surface area contributed by atoms with Gasteiger partial charge in [0, 0.05) is 31.3 Å². The topological polar surface area (TPSA) is 50.5 Å². The lowest BCUT2D eigenvalue weighted by Gasteiger charge is -2.30. The highest BCUT2D eigenvalue weighted by Gasteiger charge is 2.27. The molecule has 0 radical (unpaired) electrons. The number of nitrogens with zero attached hydrogens (tertiary/aromatic N) is 1. The van der Waals surface area contributed by atoms with Crippen LogP contribution in [0, 0.1) is 6.92 Å². The molecule has 1 amide bonds. The van der Waals surface area contributed by atoms with E-state index in [0.717, 1.165) is 29.4 Å². The predicted octanol–water partition coefficient (Wildman–Crippen LogP) is 3.32. The number of aryl methyl sites for hydroxylation is 1. The van der Waals surface area contributed by atoms with Crippen molar-refractivity contribution in [1.82, 2.24) is 4.90 Å². The lowest BCUT2D eigenvalue weighted by Crippen LogP contribution is -2.39. The summed E-state index contributed by atoms with van der Waals surface area (Å²) in [5.41, 5.74) is 1.87. The SMILES string of the molecule is Cc1ccc2oc(C(=O)N(C)C3CCC(=O)CC3)cc2c1. The number of hydrogen-bond donors (Lipinski definition) is 0. The number of Topliss-reactive ketones (excluding diaryl/α,β-unsaturated/α-hetero) is 1. The first-order valence-electron chi connectivity index (χ1n) is 7.33. The highest BCUT2D eigenvalue weighted by Crippen LogP contribution is 2.24. The van der Waals surface area contributed by atoms with Crippen molar-refractivity contribution in [3.05, 3.63) is 35.6 Å². The average molecular weight is 285 g/mol. The Morgan fingerprint density at radius 3 is 2.67 bits per heavy atom. The van der Waals surface area contributed by atoms with Gasteiger partial charge in [-0.25, -0.2) is 0 Å². The molecule has 1 fully saturated rings. The number of carbonyl (C=O) groups is 2. The molecule has 1 aromatic carbocycles. The van der Waals surface area contributed by atoms with E-state index in [1.165, 1.54) is 0 Å². The molecule has 0 N–H and O–H groups in total. The van der Waals surface area contributed by atoms with E-state index in [1.54, 1.807) is 18.0 Å². The number of furan rings is 1. The van der Waals surface area contributed by atoms with Crippen LogP contribution in [0.5, 0.6) is 0 Å². The van der Waals surface area contributed by atoms with Gasteiger partial charge in [-0.15, -0.1) is 0 Å². The fourth-order valence-corrected chi connectivity index (χ4v) is 2.92. The fourth-order valence-electron chi connectivity index (χ4n) is 2.92. The maximum Gasteiger partial charge on any atom is 0.289 e. The Kier molecular flexibility index (Phi) is 3.53. The van der Waals surface area contributed by atoms with Gasteiger partial charge in [0.25, 0.3) is 5.91 Å². The number of benzene rings is 1. The summed E-state index contributed by atoms with van der Waals surface area (Å²) in [6.07, 6.45) is 2.64. The molecule has 1 aromatic heterocycles. The molecule has 1 aliphatic rings. The molecule has 0 saturated heterocycles. The quantitative estimate of drug-likeness (QED) is 0.850. The highest BCUT2D eigenvalue weighted by atomic mass is 16.3. The number of amides is 1. The van der Waals surface area contributed by atoms with Gasteiger partial charge in [-0.2, -0.15) is 0 Å². The molecule has 0 bridgehead atoms. The van der Waals surface area contributed by atoms with Crippen LogP contribution in [0.2, 0.25) is 0 Å². The van der Waals surface area contributed by atoms with Crippen LogP contribution >= 0.6 is 0 Å². The average Bonchev–Trinajstić information content (AvgIpc) is 2.89. The first-order chi connectivity index (χ1) is 10.0. The van der Waals surface area contributed by atoms with Crippen LogP contribution in [0.4, 0.5) is 0 Å². The van der Waals surface area contributed by atoms with Crippen LogP contribution in [0.1, 0.15) is 41.8 Å². The van der Waals surface area contributed by atoms with E-state index in [9.17, 15) is 9.59 Å². The molecule has 0 spiro atoms. The lowest BCUT2D eigenvalue weighted by molar-refractivity contribution is -0.121. The van der Waals surface area contributed by atoms with Crippen LogP contribution in [0.25, 0.3) is 11.0 Å². The van der Waals surface area contributed by atoms with Gasteiger partial charge in [0.05, 0.1) is 0 Å². The Balaban J connectivity index is 1.81. The van der Waals surface area contributed by atoms with Crippen LogP contribution in [-0.2, 0) is 4.79 Å². The van der Waals surface area contributed by atoms with E-state index < -0.39 is 0 Å². The van der Waals surface area contributed by atoms with E-state index in [4.69, 9.17) is 4.42 Å². The maximum absolute atomic E-state index is 12.5. The molecule has 0 aliphatic heterocycles. The summed E-state index contributed by atoms with van der Waals surface area (Å²) >= 11 is 0. The molecular weight excluding hydrogens is 266 g/mol. The number of carbonyl (C=O) groups excluding carboxylic acids is 2. The Labute approximate surface area is 123 Å². The summed E-state index contributed by atoms with van der Waals surface area (Å²) in [6.45, 7) is 2.01. The summed E-state index contributed by atoms with van der Waals surface area (Å²) in [5, 5.41) is 0.950. The van der Waals surface area contributed by atoms with E-state index in [0.29, 0.717) is 24.4 Å². The largest absolute Gasteiger partial charge is 0.451 e. The monoisotopic (exact) mass is 285 g/mol. The Bertz CT molecular complexity index is 691. The van der Waals surface area contributed by atoms with Crippen molar-refractivity contribution in [2.24, 2.45) is 0 Å². The summed E-state index contributed by atoms with van der Waals surface area (Å²) in [5.74, 6) is 0.560. The third kappa shape index (κ3) is 2.71. The van der Waals surface area contributed by atoms with Crippen LogP contribution in [0.15, 0.2) is 28.7 Å². The lowest BCUT2D eigenvalue weighted by atomic mass is 9.93. The van der Waals surface area contributed by atoms with Crippen molar-refractivity contribution < 1.29 is 14.0 Å². The molecule has 110 valence electrons. The van der Waals surface area contributed by atoms with Crippen LogP contribution in [-0.4, -0.2) is 29.7 Å². The van der Waals surface area contributed by atoms with Crippen molar-refractivity contribution >= 4 is 22.7 Å². The second kappa shape index (κ2) is 5.35. The molecule has 1 heterocycles. The van der Waals surface area contributed by atoms with Crippen molar-refractivity contribution in [2.45, 2.75) is 38.6 Å². The van der Waals surface area contributed by atoms with E-state index in [1.807, 2.05) is 25.1 Å². The van der Waals surface area contributed by atoms with Crippen LogP contribution < -0.4 is 0 Å². The molecule has 4 heteroatoms. The minimum Gasteiger partial charge on any atom is -0.451 e. The summed E-state index contributed by atoms with van der Waals surface area (Å²) in [4.78, 5) is 25.5. The normalized spacial score (nSPS) is 16.4. The van der Waals surface area contributed by atoms with Crippen molar-refractivity contribution in [3.8, 4) is 0 Å². The van der Waals surface area contributed by atoms with Crippen molar-refractivity contribution in [1.29, 1.82) is 0 Å². The third-order valence-electron chi connectivity index (χ3n) is 4.26. The fraction of sp³-hybridized carbons (Fsp3) is 0.412. The number of hydrogen-bond acceptors (Lipinski definition) is 3. The molecule has 3 rings (SSSR count). The zero-order chi connectivity index (χ0) is 15.0. The van der Waals surface area contributed by atoms with Gasteiger partial charge in [0.1, 0.15) is 11.4 Å². The smallest absolute Gasteiger partial charge is 0.289 e. The maximum atomic E-state index is 12.5. The van der Waals surface area contributed by atoms with Gasteiger partial charge in [-0.3, -0.25) is 9.59 Å². The predicted molar refractivity (Wildman–Crippen MR) is 80.3 cm³/mol. The molecule has 2 aromatic rings. The standard InChI is InChI=1S/C17H19NO3/c1-11-3-8-15-12(9-11)10-16(21-15)17(20)18(2)13-4-6-14(19)7-5-13/h3,8-10,13H,4-7H2,1-2H3. The van der Waals surface area contributed by atoms with Gasteiger partial charge in [0.2, 0.25) is 0 Å². The van der Waals surface area contributed by atoms with Gasteiger partial charge in [-0.1, -0.05) is 11.6 Å². The number of rotatable bonds is 2. The third-order valence-corrected chi connectivity index (χ3v) is 4.26. The molecule has 0 unspecified atom stereocenters. The summed E-state index contributed by atoms with van der Waals surface area (Å²) in [7, 11) is 1.79. The van der Waals surface area contributed by atoms with E-state index in [2.05, 4.69) is 0 Å². The van der Waals surface area contributed by atoms with Gasteiger partial charge in [-0.05, 0) is 38.0 Å². The zero-order valence-corrected chi connectivity index (χ0v) is 12.4. The Morgan fingerprint density at radius 1 is 1.24 bits per heavy atom. The molecule has 21 heavy (non-hydrogen) atoms. The summed E-state index contributed by atoms with van der Waals surface area (Å²) < 4.78 is 5.66. The number of ketones is 1. The Morgan fingerprint density at radius 2 is 1.95 bits per heavy atom. The minimum atomic E-state index is -0.108. The highest BCUT2D eigenvalue weighted by molar-refractivity contribution is 5.96. The molecule has 1 saturated carbocycles. The second-order valence-corrected chi connectivity index (χ2v) is 5.84. The van der Waals surface area contributed by atoms with Gasteiger partial charge >= 0.3 is 0 Å². The van der Waals surface area contributed by atoms with E-state index >= 15 is 0 Å². The number of fused-ring (bicyclic) bond motifs is 1. The second-order valence-electron chi connectivity index (χ2n) is 5.84. The zero-order valence-electron chi connectivity index (χ0n) is 12.4. The van der Waals surface area contributed by atoms with Gasteiger partial charge < -0.3 is 9.32 Å². The molecular formula is C17H19NO3. The first-order valence-corrected chi connectivity index (χ1v) is 7.33. The van der Waals surface area contributed by atoms with Crippen LogP contribution in [0.3, 0.4) is 0 Å². The van der Waals surface area contributed by atoms with Crippen molar-refractivity contribution in [2.75, 3.05) is 7.05 Å². The van der Waals surface area contributed by atoms with Crippen molar-refractivity contribution in [3.63, 3.8) is 0 Å². The molecule has 0 atom stereocenters. The van der Waals surface area contributed by atoms with E-state index in [-0.39, 0.29) is 11.9 Å². The van der Waals surface area contributed by atoms with Gasteiger partial charge in [0.15, 0.2) is 5.76 Å². The minimum absolute atomic E-state index is 0.108. The summed E-state index contributed by atoms with van der Waals surface area (Å²) in [6, 6.07) is 7.80. The molecule has 4 nitrogen and oxygen atoms in total.